The molecule has 0 spiro atoms. The molecular weight excluding hydrogens is 180 g/mol. The lowest BCUT2D eigenvalue weighted by Crippen LogP contribution is -1.86. The largest absolute Gasteiger partial charge is 0.287 e. The van der Waals surface area contributed by atoms with Crippen molar-refractivity contribution in [1.82, 2.24) is 10.3 Å². The van der Waals surface area contributed by atoms with E-state index in [2.05, 4.69) is 26.2 Å². The molecule has 1 aromatic heterocycles. The van der Waals surface area contributed by atoms with Crippen molar-refractivity contribution in [1.29, 1.82) is 0 Å². The zero-order chi connectivity index (χ0) is 6.69. The van der Waals surface area contributed by atoms with Gasteiger partial charge < -0.3 is 0 Å². The van der Waals surface area contributed by atoms with Crippen LogP contribution in [0.3, 0.4) is 0 Å². The summed E-state index contributed by atoms with van der Waals surface area (Å²) in [6.45, 7) is 0. The lowest BCUT2D eigenvalue weighted by molar-refractivity contribution is 1.06. The van der Waals surface area contributed by atoms with Gasteiger partial charge >= 0.3 is 0 Å². The summed E-state index contributed by atoms with van der Waals surface area (Å²) in [6.07, 6.45) is 1.71. The molecule has 0 atom stereocenters. The van der Waals surface area contributed by atoms with Gasteiger partial charge in [-0.05, 0) is 28.1 Å². The summed E-state index contributed by atoms with van der Waals surface area (Å²) >= 11 is 3.22. The van der Waals surface area contributed by atoms with Crippen LogP contribution in [0.2, 0.25) is 0 Å². The third kappa shape index (κ3) is 1.68. The first-order valence-electron chi connectivity index (χ1n) is 2.54. The van der Waals surface area contributed by atoms with E-state index in [0.717, 1.165) is 10.3 Å². The van der Waals surface area contributed by atoms with Crippen molar-refractivity contribution in [3.8, 4) is 0 Å². The van der Waals surface area contributed by atoms with Crippen LogP contribution in [0.1, 0.15) is 0 Å². The van der Waals surface area contributed by atoms with E-state index in [-0.39, 0.29) is 0 Å². The van der Waals surface area contributed by atoms with Crippen molar-refractivity contribution < 1.29 is 0 Å². The van der Waals surface area contributed by atoms with Gasteiger partial charge in [0.25, 0.3) is 0 Å². The minimum Gasteiger partial charge on any atom is -0.287 e. The summed E-state index contributed by atoms with van der Waals surface area (Å²) in [6, 6.07) is 3.76. The summed E-state index contributed by atoms with van der Waals surface area (Å²) in [7, 11) is 1.74. The zero-order valence-corrected chi connectivity index (χ0v) is 6.59. The standard InChI is InChI=1S/C6H6BrN2/c1-8-5-2-3-6(7)9-4-5/h2-4H,1H3. The van der Waals surface area contributed by atoms with Gasteiger partial charge in [-0.25, -0.2) is 4.98 Å². The number of hydrogen-bond acceptors (Lipinski definition) is 1. The van der Waals surface area contributed by atoms with E-state index in [4.69, 9.17) is 0 Å². The first kappa shape index (κ1) is 6.55. The quantitative estimate of drug-likeness (QED) is 0.613. The highest BCUT2D eigenvalue weighted by Crippen LogP contribution is 2.08. The van der Waals surface area contributed by atoms with Gasteiger partial charge in [-0.2, -0.15) is 0 Å². The topological polar surface area (TPSA) is 27.0 Å². The zero-order valence-electron chi connectivity index (χ0n) is 5.00. The maximum absolute atomic E-state index is 3.97. The third-order valence-electron chi connectivity index (χ3n) is 0.970. The van der Waals surface area contributed by atoms with Crippen LogP contribution in [0.5, 0.6) is 0 Å². The maximum Gasteiger partial charge on any atom is 0.106 e. The van der Waals surface area contributed by atoms with Crippen LogP contribution in [0.4, 0.5) is 5.69 Å². The lowest BCUT2D eigenvalue weighted by atomic mass is 10.4. The Balaban J connectivity index is 2.88. The number of halogens is 1. The van der Waals surface area contributed by atoms with Gasteiger partial charge in [0, 0.05) is 7.05 Å². The SMILES string of the molecule is C[N]c1ccc(Br)nc1. The van der Waals surface area contributed by atoms with E-state index in [9.17, 15) is 0 Å². The van der Waals surface area contributed by atoms with Gasteiger partial charge in [-0.1, -0.05) is 0 Å². The van der Waals surface area contributed by atoms with Crippen molar-refractivity contribution in [2.45, 2.75) is 0 Å². The highest BCUT2D eigenvalue weighted by Gasteiger charge is 1.87. The van der Waals surface area contributed by atoms with E-state index < -0.39 is 0 Å². The lowest BCUT2D eigenvalue weighted by Gasteiger charge is -1.93. The molecule has 0 aliphatic heterocycles. The fourth-order valence-electron chi connectivity index (χ4n) is 0.500. The fraction of sp³-hybridized carbons (Fsp3) is 0.167. The van der Waals surface area contributed by atoms with E-state index in [1.807, 2.05) is 12.1 Å². The molecule has 0 aliphatic carbocycles. The second-order valence-corrected chi connectivity index (χ2v) is 2.38. The fourth-order valence-corrected chi connectivity index (χ4v) is 0.735. The molecule has 0 unspecified atom stereocenters. The van der Waals surface area contributed by atoms with E-state index >= 15 is 0 Å². The van der Waals surface area contributed by atoms with Crippen molar-refractivity contribution in [2.75, 3.05) is 7.05 Å². The minimum atomic E-state index is 0.843. The summed E-state index contributed by atoms with van der Waals surface area (Å²) in [4.78, 5) is 3.97. The number of pyridine rings is 1. The number of aromatic nitrogens is 1. The van der Waals surface area contributed by atoms with Crippen LogP contribution in [-0.2, 0) is 0 Å². The van der Waals surface area contributed by atoms with Crippen LogP contribution >= 0.6 is 15.9 Å². The Bertz CT molecular complexity index is 183. The molecule has 1 aromatic rings. The maximum atomic E-state index is 3.97. The van der Waals surface area contributed by atoms with Crippen LogP contribution in [0.15, 0.2) is 22.9 Å². The second-order valence-electron chi connectivity index (χ2n) is 1.56. The normalized spacial score (nSPS) is 9.11. The Kier molecular flexibility index (Phi) is 2.05. The molecule has 0 fully saturated rings. The van der Waals surface area contributed by atoms with Crippen molar-refractivity contribution in [3.05, 3.63) is 22.9 Å². The summed E-state index contributed by atoms with van der Waals surface area (Å²) < 4.78 is 0.843. The smallest absolute Gasteiger partial charge is 0.106 e. The first-order valence-corrected chi connectivity index (χ1v) is 3.33. The number of rotatable bonds is 1. The molecule has 9 heavy (non-hydrogen) atoms. The third-order valence-corrected chi connectivity index (χ3v) is 1.44. The predicted octanol–water partition coefficient (Wildman–Crippen LogP) is 1.71. The van der Waals surface area contributed by atoms with Gasteiger partial charge in [0.05, 0.1) is 11.9 Å². The van der Waals surface area contributed by atoms with Crippen LogP contribution in [0, 0.1) is 0 Å². The molecule has 0 amide bonds. The molecule has 2 nitrogen and oxygen atoms in total. The van der Waals surface area contributed by atoms with Crippen molar-refractivity contribution in [3.63, 3.8) is 0 Å². The molecule has 0 saturated heterocycles. The van der Waals surface area contributed by atoms with Gasteiger partial charge in [0.1, 0.15) is 4.60 Å². The highest BCUT2D eigenvalue weighted by atomic mass is 79.9. The Hall–Kier alpha value is -0.570. The molecule has 47 valence electrons. The molecule has 0 saturated carbocycles. The van der Waals surface area contributed by atoms with E-state index in [0.29, 0.717) is 0 Å². The molecule has 3 heteroatoms. The van der Waals surface area contributed by atoms with Crippen LogP contribution < -0.4 is 5.32 Å². The van der Waals surface area contributed by atoms with Crippen molar-refractivity contribution >= 4 is 21.6 Å². The Morgan fingerprint density at radius 3 is 2.78 bits per heavy atom. The van der Waals surface area contributed by atoms with E-state index in [1.54, 1.807) is 13.2 Å². The van der Waals surface area contributed by atoms with Gasteiger partial charge in [0.15, 0.2) is 0 Å². The highest BCUT2D eigenvalue weighted by molar-refractivity contribution is 9.10. The molecule has 1 rings (SSSR count). The molecule has 0 aliphatic rings. The summed E-state index contributed by atoms with van der Waals surface area (Å²) in [5.74, 6) is 0. The Labute approximate surface area is 62.4 Å². The molecule has 0 bridgehead atoms. The van der Waals surface area contributed by atoms with Gasteiger partial charge in [0.2, 0.25) is 0 Å². The summed E-state index contributed by atoms with van der Waals surface area (Å²) in [5, 5.41) is 3.93. The first-order chi connectivity index (χ1) is 4.33. The summed E-state index contributed by atoms with van der Waals surface area (Å²) in [5.41, 5.74) is 0.901. The predicted molar refractivity (Wildman–Crippen MR) is 39.7 cm³/mol. The second kappa shape index (κ2) is 2.82. The Morgan fingerprint density at radius 2 is 2.33 bits per heavy atom. The Morgan fingerprint density at radius 1 is 1.56 bits per heavy atom. The minimum absolute atomic E-state index is 0.843. The number of hydrogen-bond donors (Lipinski definition) is 0. The molecule has 0 aromatic carbocycles. The molecule has 1 heterocycles. The average molecular weight is 186 g/mol. The number of nitrogens with zero attached hydrogens (tertiary/aromatic N) is 2. The van der Waals surface area contributed by atoms with E-state index in [1.165, 1.54) is 0 Å². The molecule has 0 N–H and O–H groups in total. The van der Waals surface area contributed by atoms with Gasteiger partial charge in [-0.3, -0.25) is 5.32 Å². The van der Waals surface area contributed by atoms with Crippen molar-refractivity contribution in [2.24, 2.45) is 0 Å². The van der Waals surface area contributed by atoms with Crippen LogP contribution in [-0.4, -0.2) is 12.0 Å². The van der Waals surface area contributed by atoms with Crippen LogP contribution in [0.25, 0.3) is 0 Å². The molecular formula is C6H6BrN2. The monoisotopic (exact) mass is 185 g/mol. The van der Waals surface area contributed by atoms with Gasteiger partial charge in [-0.15, -0.1) is 0 Å². The molecule has 1 radical (unpaired) electrons. The average Bonchev–Trinajstić information content (AvgIpc) is 1.90.